The van der Waals surface area contributed by atoms with Gasteiger partial charge in [0.2, 0.25) is 5.91 Å². The molecule has 1 saturated carbocycles. The van der Waals surface area contributed by atoms with Crippen LogP contribution in [0, 0.1) is 24.2 Å². The van der Waals surface area contributed by atoms with E-state index in [1.807, 2.05) is 37.4 Å². The summed E-state index contributed by atoms with van der Waals surface area (Å²) in [6, 6.07) is 10.0. The van der Waals surface area contributed by atoms with Crippen LogP contribution in [0.3, 0.4) is 0 Å². The highest BCUT2D eigenvalue weighted by molar-refractivity contribution is 6.02. The van der Waals surface area contributed by atoms with Crippen molar-refractivity contribution >= 4 is 28.2 Å². The molecule has 4 rings (SSSR count). The molecule has 6 nitrogen and oxygen atoms in total. The average Bonchev–Trinajstić information content (AvgIpc) is 2.78. The molecule has 0 bridgehead atoms. The lowest BCUT2D eigenvalue weighted by atomic mass is 9.83. The zero-order valence-corrected chi connectivity index (χ0v) is 18.3. The molecule has 0 unspecified atom stereocenters. The molecule has 3 aromatic rings. The van der Waals surface area contributed by atoms with Gasteiger partial charge >= 0.3 is 0 Å². The second-order valence-electron chi connectivity index (χ2n) is 8.48. The first kappa shape index (κ1) is 21.5. The second-order valence-corrected chi connectivity index (χ2v) is 8.48. The number of amides is 1. The van der Waals surface area contributed by atoms with Gasteiger partial charge in [0.25, 0.3) is 0 Å². The summed E-state index contributed by atoms with van der Waals surface area (Å²) in [6.45, 7) is 2.04. The van der Waals surface area contributed by atoms with Gasteiger partial charge in [0.1, 0.15) is 5.82 Å². The van der Waals surface area contributed by atoms with Crippen molar-refractivity contribution in [2.45, 2.75) is 45.4 Å². The Morgan fingerprint density at radius 2 is 2.09 bits per heavy atom. The molecule has 1 aliphatic rings. The highest BCUT2D eigenvalue weighted by Crippen LogP contribution is 2.32. The minimum Gasteiger partial charge on any atom is -0.398 e. The predicted molar refractivity (Wildman–Crippen MR) is 128 cm³/mol. The Balaban J connectivity index is 1.50. The van der Waals surface area contributed by atoms with E-state index < -0.39 is 0 Å². The van der Waals surface area contributed by atoms with Crippen molar-refractivity contribution in [1.29, 1.82) is 5.26 Å². The van der Waals surface area contributed by atoms with Crippen LogP contribution in [0.1, 0.15) is 44.1 Å². The van der Waals surface area contributed by atoms with Crippen molar-refractivity contribution in [3.8, 4) is 17.2 Å². The molecule has 1 aromatic carbocycles. The third kappa shape index (κ3) is 4.94. The molecule has 0 aliphatic heterocycles. The lowest BCUT2D eigenvalue weighted by Crippen LogP contribution is -2.13. The Bertz CT molecular complexity index is 1210. The van der Waals surface area contributed by atoms with Crippen molar-refractivity contribution < 1.29 is 4.79 Å². The van der Waals surface area contributed by atoms with E-state index in [0.717, 1.165) is 65.1 Å². The minimum absolute atomic E-state index is 0.158. The molecule has 0 atom stereocenters. The summed E-state index contributed by atoms with van der Waals surface area (Å²) in [6.07, 6.45) is 12.5. The maximum atomic E-state index is 12.6. The zero-order valence-electron chi connectivity index (χ0n) is 18.3. The Morgan fingerprint density at radius 3 is 2.84 bits per heavy atom. The number of nitrogens with zero attached hydrogens (tertiary/aromatic N) is 3. The van der Waals surface area contributed by atoms with Crippen LogP contribution < -0.4 is 11.1 Å². The topological polar surface area (TPSA) is 105 Å². The number of carbonyl (C=O) groups is 1. The van der Waals surface area contributed by atoms with E-state index in [9.17, 15) is 4.79 Å². The quantitative estimate of drug-likeness (QED) is 0.412. The van der Waals surface area contributed by atoms with E-state index in [-0.39, 0.29) is 5.91 Å². The second kappa shape index (κ2) is 9.61. The number of nitrogens with two attached hydrogens (primary N) is 1. The third-order valence-electron chi connectivity index (χ3n) is 6.22. The maximum Gasteiger partial charge on any atom is 0.249 e. The van der Waals surface area contributed by atoms with Gasteiger partial charge in [-0.3, -0.25) is 9.78 Å². The fourth-order valence-electron chi connectivity index (χ4n) is 4.37. The largest absolute Gasteiger partial charge is 0.398 e. The van der Waals surface area contributed by atoms with Gasteiger partial charge < -0.3 is 11.1 Å². The number of aromatic nitrogens is 2. The third-order valence-corrected chi connectivity index (χ3v) is 6.22. The van der Waals surface area contributed by atoms with Crippen LogP contribution in [-0.4, -0.2) is 15.9 Å². The number of allylic oxidation sites excluding steroid dienone is 1. The Hall–Kier alpha value is -3.72. The molecule has 2 heterocycles. The number of hydrogen-bond donors (Lipinski definition) is 2. The Labute approximate surface area is 188 Å². The molecule has 1 amide bonds. The summed E-state index contributed by atoms with van der Waals surface area (Å²) in [5.41, 5.74) is 11.2. The molecular weight excluding hydrogens is 398 g/mol. The van der Waals surface area contributed by atoms with E-state index in [4.69, 9.17) is 11.0 Å². The summed E-state index contributed by atoms with van der Waals surface area (Å²) in [7, 11) is 0. The van der Waals surface area contributed by atoms with Gasteiger partial charge in [-0.15, -0.1) is 0 Å². The monoisotopic (exact) mass is 425 g/mol. The van der Waals surface area contributed by atoms with Crippen LogP contribution >= 0.6 is 0 Å². The number of carbonyl (C=O) groups excluding carboxylic acids is 1. The maximum absolute atomic E-state index is 12.6. The molecule has 1 fully saturated rings. The molecule has 6 heteroatoms. The predicted octanol–water partition coefficient (Wildman–Crippen LogP) is 5.55. The summed E-state index contributed by atoms with van der Waals surface area (Å²) in [4.78, 5) is 21.2. The molecule has 3 N–H and O–H groups in total. The first-order valence-corrected chi connectivity index (χ1v) is 11.0. The van der Waals surface area contributed by atoms with E-state index in [1.165, 1.54) is 0 Å². The lowest BCUT2D eigenvalue weighted by molar-refractivity contribution is -0.112. The van der Waals surface area contributed by atoms with Gasteiger partial charge in [-0.2, -0.15) is 5.26 Å². The number of anilines is 2. The van der Waals surface area contributed by atoms with Crippen LogP contribution in [-0.2, 0) is 4.79 Å². The first-order chi connectivity index (χ1) is 15.5. The fourth-order valence-corrected chi connectivity index (χ4v) is 4.37. The number of pyridine rings is 2. The van der Waals surface area contributed by atoms with E-state index in [2.05, 4.69) is 21.4 Å². The minimum atomic E-state index is -0.158. The molecule has 32 heavy (non-hydrogen) atoms. The van der Waals surface area contributed by atoms with E-state index in [1.54, 1.807) is 18.5 Å². The summed E-state index contributed by atoms with van der Waals surface area (Å²) < 4.78 is 0. The van der Waals surface area contributed by atoms with Crippen molar-refractivity contribution in [2.24, 2.45) is 5.92 Å². The standard InChI is InChI=1S/C26H27N5O/c1-17-8-10-29-15-22(17)20-12-21-14-25(30-16-23(21)24(28)13-20)31-26(32)11-19-6-4-18(5-7-19)3-2-9-27/h8,10-16,18H,2-7,28H2,1H3,(H,30,31,32). The van der Waals surface area contributed by atoms with Crippen molar-refractivity contribution in [3.63, 3.8) is 0 Å². The molecule has 162 valence electrons. The summed E-state index contributed by atoms with van der Waals surface area (Å²) >= 11 is 0. The highest BCUT2D eigenvalue weighted by Gasteiger charge is 2.17. The van der Waals surface area contributed by atoms with Gasteiger partial charge in [0.05, 0.1) is 6.07 Å². The summed E-state index contributed by atoms with van der Waals surface area (Å²) in [5.74, 6) is 0.941. The number of benzene rings is 1. The fraction of sp³-hybridized carbons (Fsp3) is 0.308. The molecule has 0 radical (unpaired) electrons. The molecule has 0 saturated heterocycles. The zero-order chi connectivity index (χ0) is 22.5. The molecule has 1 aliphatic carbocycles. The number of aryl methyl sites for hydroxylation is 1. The van der Waals surface area contributed by atoms with Crippen LogP contribution in [0.4, 0.5) is 11.5 Å². The van der Waals surface area contributed by atoms with Gasteiger partial charge in [-0.05, 0) is 85.7 Å². The Kier molecular flexibility index (Phi) is 6.46. The number of nitrogen functional groups attached to an aromatic ring is 1. The smallest absolute Gasteiger partial charge is 0.249 e. The Morgan fingerprint density at radius 1 is 1.28 bits per heavy atom. The normalized spacial score (nSPS) is 15.9. The van der Waals surface area contributed by atoms with Gasteiger partial charge in [-0.25, -0.2) is 4.98 Å². The molecule has 2 aromatic heterocycles. The summed E-state index contributed by atoms with van der Waals surface area (Å²) in [5, 5.41) is 13.4. The van der Waals surface area contributed by atoms with Crippen LogP contribution in [0.15, 0.2) is 54.5 Å². The number of nitrogens with one attached hydrogen (secondary N) is 1. The van der Waals surface area contributed by atoms with Gasteiger partial charge in [0.15, 0.2) is 0 Å². The lowest BCUT2D eigenvalue weighted by Gasteiger charge is -2.22. The van der Waals surface area contributed by atoms with E-state index in [0.29, 0.717) is 23.8 Å². The number of rotatable bonds is 5. The number of fused-ring (bicyclic) bond motifs is 1. The first-order valence-electron chi connectivity index (χ1n) is 11.0. The highest BCUT2D eigenvalue weighted by atomic mass is 16.1. The van der Waals surface area contributed by atoms with Crippen LogP contribution in [0.2, 0.25) is 0 Å². The van der Waals surface area contributed by atoms with Crippen molar-refractivity contribution in [2.75, 3.05) is 11.1 Å². The van der Waals surface area contributed by atoms with Gasteiger partial charge in [-0.1, -0.05) is 5.57 Å². The van der Waals surface area contributed by atoms with E-state index >= 15 is 0 Å². The molecular formula is C26H27N5O. The average molecular weight is 426 g/mol. The van der Waals surface area contributed by atoms with Crippen LogP contribution in [0.25, 0.3) is 21.9 Å². The number of nitriles is 1. The SMILES string of the molecule is Cc1ccncc1-c1cc(N)c2cnc(NC(=O)C=C3CCC(CCC#N)CC3)cc2c1. The van der Waals surface area contributed by atoms with Crippen molar-refractivity contribution in [1.82, 2.24) is 9.97 Å². The number of hydrogen-bond acceptors (Lipinski definition) is 5. The molecule has 0 spiro atoms. The van der Waals surface area contributed by atoms with Crippen molar-refractivity contribution in [3.05, 3.63) is 60.1 Å². The van der Waals surface area contributed by atoms with Crippen LogP contribution in [0.5, 0.6) is 0 Å². The van der Waals surface area contributed by atoms with Gasteiger partial charge in [0, 0.05) is 47.7 Å².